The van der Waals surface area contributed by atoms with E-state index in [0.717, 1.165) is 22.3 Å². The number of carbonyl (C=O) groups excluding carboxylic acids is 1. The molecule has 1 N–H and O–H groups in total. The Kier molecular flexibility index (Phi) is 4.87. The first-order chi connectivity index (χ1) is 15.1. The summed E-state index contributed by atoms with van der Waals surface area (Å²) in [5.41, 5.74) is 4.73. The van der Waals surface area contributed by atoms with Crippen molar-refractivity contribution >= 4 is 34.5 Å². The number of halogens is 1. The van der Waals surface area contributed by atoms with Gasteiger partial charge in [-0.2, -0.15) is 5.10 Å². The molecule has 0 saturated heterocycles. The highest BCUT2D eigenvalue weighted by Crippen LogP contribution is 2.24. The van der Waals surface area contributed by atoms with Gasteiger partial charge in [0.1, 0.15) is 11.3 Å². The molecule has 0 aliphatic carbocycles. The van der Waals surface area contributed by atoms with E-state index in [1.807, 2.05) is 47.9 Å². The van der Waals surface area contributed by atoms with Gasteiger partial charge in [0, 0.05) is 23.6 Å². The molecule has 0 unspecified atom stereocenters. The van der Waals surface area contributed by atoms with E-state index in [-0.39, 0.29) is 17.5 Å². The summed E-state index contributed by atoms with van der Waals surface area (Å²) >= 11 is 1.31. The Balaban J connectivity index is 1.38. The molecular weight excluding hydrogens is 415 g/mol. The number of carbonyl (C=O) groups is 1. The van der Waals surface area contributed by atoms with Crippen LogP contribution < -0.4 is 5.32 Å². The molecule has 0 aliphatic rings. The number of amides is 1. The van der Waals surface area contributed by atoms with E-state index in [9.17, 15) is 9.18 Å². The SMILES string of the molecule is Cc1ccccc1NC(=O)CSc1nnc2c3cc(-c4ccc(F)cc4)nn3ccn12. The highest BCUT2D eigenvalue weighted by Gasteiger charge is 2.14. The van der Waals surface area contributed by atoms with Gasteiger partial charge < -0.3 is 5.32 Å². The van der Waals surface area contributed by atoms with Crippen molar-refractivity contribution in [1.82, 2.24) is 24.2 Å². The van der Waals surface area contributed by atoms with Crippen LogP contribution in [0.5, 0.6) is 0 Å². The van der Waals surface area contributed by atoms with Crippen molar-refractivity contribution in [2.75, 3.05) is 11.1 Å². The number of hydrogen-bond donors (Lipinski definition) is 1. The normalized spacial score (nSPS) is 11.3. The zero-order valence-electron chi connectivity index (χ0n) is 16.5. The third kappa shape index (κ3) is 3.75. The number of fused-ring (bicyclic) bond motifs is 3. The van der Waals surface area contributed by atoms with Crippen LogP contribution in [0.25, 0.3) is 22.4 Å². The number of aromatic nitrogens is 5. The van der Waals surface area contributed by atoms with Gasteiger partial charge in [-0.25, -0.2) is 8.91 Å². The van der Waals surface area contributed by atoms with Crippen LogP contribution >= 0.6 is 11.8 Å². The maximum Gasteiger partial charge on any atom is 0.234 e. The van der Waals surface area contributed by atoms with Crippen molar-refractivity contribution < 1.29 is 9.18 Å². The molecule has 5 rings (SSSR count). The van der Waals surface area contributed by atoms with Crippen LogP contribution in [0.4, 0.5) is 10.1 Å². The maximum absolute atomic E-state index is 13.2. The van der Waals surface area contributed by atoms with Crippen LogP contribution in [-0.4, -0.2) is 35.9 Å². The highest BCUT2D eigenvalue weighted by atomic mass is 32.2. The van der Waals surface area contributed by atoms with E-state index in [2.05, 4.69) is 20.6 Å². The summed E-state index contributed by atoms with van der Waals surface area (Å²) in [6, 6.07) is 15.7. The van der Waals surface area contributed by atoms with Crippen LogP contribution in [0.15, 0.2) is 72.1 Å². The Morgan fingerprint density at radius 2 is 1.90 bits per heavy atom. The number of hydrogen-bond acceptors (Lipinski definition) is 5. The number of rotatable bonds is 5. The maximum atomic E-state index is 13.2. The summed E-state index contributed by atoms with van der Waals surface area (Å²) in [4.78, 5) is 12.4. The first kappa shape index (κ1) is 19.3. The smallest absolute Gasteiger partial charge is 0.234 e. The zero-order valence-corrected chi connectivity index (χ0v) is 17.3. The second-order valence-corrected chi connectivity index (χ2v) is 7.93. The van der Waals surface area contributed by atoms with E-state index in [1.54, 1.807) is 22.8 Å². The molecule has 0 radical (unpaired) electrons. The molecule has 2 aromatic carbocycles. The van der Waals surface area contributed by atoms with Crippen LogP contribution in [0, 0.1) is 12.7 Å². The fraction of sp³-hybridized carbons (Fsp3) is 0.0909. The minimum absolute atomic E-state index is 0.111. The van der Waals surface area contributed by atoms with Crippen molar-refractivity contribution in [3.05, 3.63) is 78.4 Å². The van der Waals surface area contributed by atoms with Gasteiger partial charge in [0.15, 0.2) is 10.8 Å². The lowest BCUT2D eigenvalue weighted by atomic mass is 10.1. The van der Waals surface area contributed by atoms with Crippen molar-refractivity contribution in [3.8, 4) is 11.3 Å². The van der Waals surface area contributed by atoms with Gasteiger partial charge in [-0.3, -0.25) is 9.20 Å². The first-order valence-electron chi connectivity index (χ1n) is 9.56. The molecule has 0 saturated carbocycles. The molecule has 0 bridgehead atoms. The largest absolute Gasteiger partial charge is 0.325 e. The lowest BCUT2D eigenvalue weighted by Crippen LogP contribution is -2.15. The number of aryl methyl sites for hydroxylation is 1. The summed E-state index contributed by atoms with van der Waals surface area (Å²) in [5.74, 6) is -0.194. The predicted molar refractivity (Wildman–Crippen MR) is 118 cm³/mol. The molecule has 0 spiro atoms. The van der Waals surface area contributed by atoms with Crippen LogP contribution in [0.1, 0.15) is 5.56 Å². The second kappa shape index (κ2) is 7.84. The second-order valence-electron chi connectivity index (χ2n) is 6.99. The number of para-hydroxylation sites is 1. The molecular formula is C22H17FN6OS. The van der Waals surface area contributed by atoms with E-state index < -0.39 is 0 Å². The molecule has 7 nitrogen and oxygen atoms in total. The summed E-state index contributed by atoms with van der Waals surface area (Å²) in [6.07, 6.45) is 3.61. The minimum atomic E-state index is -0.291. The fourth-order valence-corrected chi connectivity index (χ4v) is 4.00. The number of nitrogens with zero attached hydrogens (tertiary/aromatic N) is 5. The summed E-state index contributed by atoms with van der Waals surface area (Å²) in [6.45, 7) is 1.95. The van der Waals surface area contributed by atoms with E-state index >= 15 is 0 Å². The molecule has 3 heterocycles. The quantitative estimate of drug-likeness (QED) is 0.421. The van der Waals surface area contributed by atoms with Crippen LogP contribution in [-0.2, 0) is 4.79 Å². The Hall–Kier alpha value is -3.72. The van der Waals surface area contributed by atoms with Crippen molar-refractivity contribution in [1.29, 1.82) is 0 Å². The van der Waals surface area contributed by atoms with Crippen molar-refractivity contribution in [2.45, 2.75) is 12.1 Å². The molecule has 154 valence electrons. The minimum Gasteiger partial charge on any atom is -0.325 e. The summed E-state index contributed by atoms with van der Waals surface area (Å²) in [5, 5.41) is 16.6. The molecule has 0 aliphatic heterocycles. The third-order valence-electron chi connectivity index (χ3n) is 4.88. The van der Waals surface area contributed by atoms with Gasteiger partial charge in [-0.15, -0.1) is 10.2 Å². The summed E-state index contributed by atoms with van der Waals surface area (Å²) < 4.78 is 16.8. The topological polar surface area (TPSA) is 76.6 Å². The molecule has 5 aromatic rings. The highest BCUT2D eigenvalue weighted by molar-refractivity contribution is 7.99. The van der Waals surface area contributed by atoms with Gasteiger partial charge in [0.05, 0.1) is 11.4 Å². The Bertz CT molecular complexity index is 1410. The standard InChI is InChI=1S/C22H17FN6OS/c1-14-4-2-3-5-17(14)24-20(30)13-31-22-26-25-21-19-12-18(15-6-8-16(23)9-7-15)27-29(19)11-10-28(21)22/h2-12H,13H2,1H3,(H,24,30). The molecule has 0 fully saturated rings. The lowest BCUT2D eigenvalue weighted by Gasteiger charge is -2.07. The molecule has 31 heavy (non-hydrogen) atoms. The number of benzene rings is 2. The Morgan fingerprint density at radius 3 is 2.71 bits per heavy atom. The van der Waals surface area contributed by atoms with Gasteiger partial charge in [-0.05, 0) is 48.9 Å². The number of nitrogens with one attached hydrogen (secondary N) is 1. The van der Waals surface area contributed by atoms with E-state index in [1.165, 1.54) is 23.9 Å². The Labute approximate surface area is 180 Å². The van der Waals surface area contributed by atoms with Crippen LogP contribution in [0.2, 0.25) is 0 Å². The van der Waals surface area contributed by atoms with Gasteiger partial charge >= 0.3 is 0 Å². The summed E-state index contributed by atoms with van der Waals surface area (Å²) in [7, 11) is 0. The van der Waals surface area contributed by atoms with Gasteiger partial charge in [0.25, 0.3) is 0 Å². The molecule has 3 aromatic heterocycles. The molecule has 9 heteroatoms. The third-order valence-corrected chi connectivity index (χ3v) is 5.82. The predicted octanol–water partition coefficient (Wildman–Crippen LogP) is 4.22. The average Bonchev–Trinajstić information content (AvgIpc) is 3.38. The van der Waals surface area contributed by atoms with Gasteiger partial charge in [0.2, 0.25) is 5.91 Å². The van der Waals surface area contributed by atoms with E-state index in [0.29, 0.717) is 16.5 Å². The van der Waals surface area contributed by atoms with Crippen molar-refractivity contribution in [3.63, 3.8) is 0 Å². The van der Waals surface area contributed by atoms with E-state index in [4.69, 9.17) is 0 Å². The monoisotopic (exact) mass is 432 g/mol. The average molecular weight is 432 g/mol. The first-order valence-corrected chi connectivity index (χ1v) is 10.5. The molecule has 0 atom stereocenters. The fourth-order valence-electron chi connectivity index (χ4n) is 3.28. The Morgan fingerprint density at radius 1 is 1.10 bits per heavy atom. The zero-order chi connectivity index (χ0) is 21.4. The molecule has 1 amide bonds. The van der Waals surface area contributed by atoms with Crippen LogP contribution in [0.3, 0.4) is 0 Å². The number of thioether (sulfide) groups is 1. The number of anilines is 1. The van der Waals surface area contributed by atoms with Gasteiger partial charge in [-0.1, -0.05) is 30.0 Å². The lowest BCUT2D eigenvalue weighted by molar-refractivity contribution is -0.113. The van der Waals surface area contributed by atoms with Crippen molar-refractivity contribution in [2.24, 2.45) is 0 Å².